The molecule has 1 aromatic carbocycles. The monoisotopic (exact) mass is 296 g/mol. The Bertz CT molecular complexity index is 430. The van der Waals surface area contributed by atoms with Gasteiger partial charge in [0.25, 0.3) is 0 Å². The van der Waals surface area contributed by atoms with Gasteiger partial charge in [-0.2, -0.15) is 0 Å². The molecule has 3 nitrogen and oxygen atoms in total. The first-order valence-corrected chi connectivity index (χ1v) is 7.46. The molecule has 0 bridgehead atoms. The van der Waals surface area contributed by atoms with Crippen molar-refractivity contribution in [1.29, 1.82) is 0 Å². The molecule has 3 rings (SSSR count). The first-order valence-electron chi connectivity index (χ1n) is 7.46. The third-order valence-electron chi connectivity index (χ3n) is 4.36. The molecule has 1 saturated heterocycles. The summed E-state index contributed by atoms with van der Waals surface area (Å²) in [6.07, 6.45) is 3.73. The Morgan fingerprint density at radius 2 is 2.10 bits per heavy atom. The van der Waals surface area contributed by atoms with Gasteiger partial charge < -0.3 is 10.1 Å². The van der Waals surface area contributed by atoms with Crippen molar-refractivity contribution in [1.82, 2.24) is 10.2 Å². The number of piperidine rings is 1. The summed E-state index contributed by atoms with van der Waals surface area (Å²) in [4.78, 5) is 2.59. The molecular weight excluding hydrogens is 272 g/mol. The number of nitrogens with zero attached hydrogens (tertiary/aromatic N) is 1. The van der Waals surface area contributed by atoms with Crippen molar-refractivity contribution in [2.24, 2.45) is 5.92 Å². The Kier molecular flexibility index (Phi) is 5.70. The molecule has 2 aliphatic heterocycles. The molecule has 0 aromatic heterocycles. The topological polar surface area (TPSA) is 24.5 Å². The molecule has 0 spiro atoms. The predicted molar refractivity (Wildman–Crippen MR) is 84.8 cm³/mol. The normalized spacial score (nSPS) is 19.2. The number of rotatable bonds is 4. The van der Waals surface area contributed by atoms with Crippen LogP contribution in [-0.4, -0.2) is 38.2 Å². The molecule has 20 heavy (non-hydrogen) atoms. The minimum absolute atomic E-state index is 0. The van der Waals surface area contributed by atoms with Crippen LogP contribution in [0.5, 0.6) is 5.75 Å². The molecule has 2 heterocycles. The summed E-state index contributed by atoms with van der Waals surface area (Å²) in [6.45, 7) is 5.59. The van der Waals surface area contributed by atoms with E-state index in [1.54, 1.807) is 0 Å². The van der Waals surface area contributed by atoms with Crippen molar-refractivity contribution in [3.8, 4) is 5.75 Å². The number of fused-ring (bicyclic) bond motifs is 1. The zero-order valence-electron chi connectivity index (χ0n) is 12.2. The lowest BCUT2D eigenvalue weighted by molar-refractivity contribution is 0.177. The first-order chi connectivity index (χ1) is 9.35. The van der Waals surface area contributed by atoms with Crippen LogP contribution < -0.4 is 10.1 Å². The number of benzene rings is 1. The number of likely N-dealkylation sites (tertiary alicyclic amines) is 1. The third kappa shape index (κ3) is 3.66. The summed E-state index contributed by atoms with van der Waals surface area (Å²) in [5, 5.41) is 3.30. The average Bonchev–Trinajstić information content (AvgIpc) is 2.89. The lowest BCUT2D eigenvalue weighted by Gasteiger charge is -2.31. The van der Waals surface area contributed by atoms with Crippen LogP contribution in [0.25, 0.3) is 0 Å². The van der Waals surface area contributed by atoms with Crippen molar-refractivity contribution in [3.05, 3.63) is 29.3 Å². The van der Waals surface area contributed by atoms with Crippen molar-refractivity contribution in [2.75, 3.05) is 33.3 Å². The van der Waals surface area contributed by atoms with Gasteiger partial charge in [-0.3, -0.25) is 4.90 Å². The molecule has 1 fully saturated rings. The summed E-state index contributed by atoms with van der Waals surface area (Å²) in [7, 11) is 2.05. The van der Waals surface area contributed by atoms with Gasteiger partial charge in [0, 0.05) is 13.0 Å². The van der Waals surface area contributed by atoms with Crippen LogP contribution in [0.3, 0.4) is 0 Å². The second-order valence-electron chi connectivity index (χ2n) is 5.82. The van der Waals surface area contributed by atoms with Gasteiger partial charge >= 0.3 is 0 Å². The van der Waals surface area contributed by atoms with E-state index in [0.717, 1.165) is 31.2 Å². The molecule has 0 radical (unpaired) electrons. The summed E-state index contributed by atoms with van der Waals surface area (Å²) in [6, 6.07) is 6.71. The molecule has 0 atom stereocenters. The molecule has 1 aromatic rings. The molecule has 0 unspecified atom stereocenters. The van der Waals surface area contributed by atoms with E-state index in [1.165, 1.54) is 43.6 Å². The van der Waals surface area contributed by atoms with Crippen LogP contribution in [0.15, 0.2) is 18.2 Å². The number of halogens is 1. The molecule has 0 amide bonds. The van der Waals surface area contributed by atoms with E-state index in [1.807, 2.05) is 0 Å². The summed E-state index contributed by atoms with van der Waals surface area (Å²) in [5.41, 5.74) is 2.83. The Morgan fingerprint density at radius 3 is 2.85 bits per heavy atom. The SMILES string of the molecule is CNCC1CCN(Cc2ccc3c(c2)CCO3)CC1.Cl. The summed E-state index contributed by atoms with van der Waals surface area (Å²) < 4.78 is 5.56. The van der Waals surface area contributed by atoms with E-state index in [4.69, 9.17) is 4.74 Å². The van der Waals surface area contributed by atoms with Crippen LogP contribution in [-0.2, 0) is 13.0 Å². The fourth-order valence-electron chi connectivity index (χ4n) is 3.23. The van der Waals surface area contributed by atoms with Crippen molar-refractivity contribution < 1.29 is 4.74 Å². The van der Waals surface area contributed by atoms with Crippen molar-refractivity contribution in [2.45, 2.75) is 25.8 Å². The van der Waals surface area contributed by atoms with E-state index in [2.05, 4.69) is 35.5 Å². The molecule has 2 aliphatic rings. The Hall–Kier alpha value is -0.770. The van der Waals surface area contributed by atoms with Crippen molar-refractivity contribution in [3.63, 3.8) is 0 Å². The van der Waals surface area contributed by atoms with Crippen molar-refractivity contribution >= 4 is 12.4 Å². The van der Waals surface area contributed by atoms with E-state index >= 15 is 0 Å². The Labute approximate surface area is 128 Å². The van der Waals surface area contributed by atoms with Gasteiger partial charge in [-0.05, 0) is 62.6 Å². The first kappa shape index (κ1) is 15.6. The lowest BCUT2D eigenvalue weighted by atomic mass is 9.96. The number of nitrogens with one attached hydrogen (secondary N) is 1. The highest BCUT2D eigenvalue weighted by molar-refractivity contribution is 5.85. The van der Waals surface area contributed by atoms with Gasteiger partial charge in [-0.1, -0.05) is 12.1 Å². The zero-order valence-corrected chi connectivity index (χ0v) is 13.0. The predicted octanol–water partition coefficient (Wildman–Crippen LogP) is 2.47. The third-order valence-corrected chi connectivity index (χ3v) is 4.36. The molecular formula is C16H25ClN2O. The average molecular weight is 297 g/mol. The van der Waals surface area contributed by atoms with Gasteiger partial charge in [-0.25, -0.2) is 0 Å². The van der Waals surface area contributed by atoms with Crippen LogP contribution in [0.2, 0.25) is 0 Å². The Balaban J connectivity index is 0.00000147. The maximum absolute atomic E-state index is 5.56. The number of hydrogen-bond acceptors (Lipinski definition) is 3. The zero-order chi connectivity index (χ0) is 13.1. The number of hydrogen-bond donors (Lipinski definition) is 1. The fraction of sp³-hybridized carbons (Fsp3) is 0.625. The van der Waals surface area contributed by atoms with E-state index in [-0.39, 0.29) is 12.4 Å². The molecule has 0 aliphatic carbocycles. The lowest BCUT2D eigenvalue weighted by Crippen LogP contribution is -2.36. The van der Waals surface area contributed by atoms with Gasteiger partial charge in [0.15, 0.2) is 0 Å². The van der Waals surface area contributed by atoms with Crippen LogP contribution >= 0.6 is 12.4 Å². The van der Waals surface area contributed by atoms with Gasteiger partial charge in [0.05, 0.1) is 6.61 Å². The van der Waals surface area contributed by atoms with Crippen LogP contribution in [0.1, 0.15) is 24.0 Å². The maximum Gasteiger partial charge on any atom is 0.122 e. The number of ether oxygens (including phenoxy) is 1. The van der Waals surface area contributed by atoms with E-state index in [0.29, 0.717) is 0 Å². The highest BCUT2D eigenvalue weighted by Gasteiger charge is 2.19. The van der Waals surface area contributed by atoms with Crippen LogP contribution in [0.4, 0.5) is 0 Å². The minimum atomic E-state index is 0. The van der Waals surface area contributed by atoms with Crippen LogP contribution in [0, 0.1) is 5.92 Å². The maximum atomic E-state index is 5.56. The fourth-order valence-corrected chi connectivity index (χ4v) is 3.23. The highest BCUT2D eigenvalue weighted by Crippen LogP contribution is 2.27. The second-order valence-corrected chi connectivity index (χ2v) is 5.82. The molecule has 0 saturated carbocycles. The van der Waals surface area contributed by atoms with Gasteiger partial charge in [-0.15, -0.1) is 12.4 Å². The summed E-state index contributed by atoms with van der Waals surface area (Å²) >= 11 is 0. The largest absolute Gasteiger partial charge is 0.493 e. The minimum Gasteiger partial charge on any atom is -0.493 e. The summed E-state index contributed by atoms with van der Waals surface area (Å²) in [5.74, 6) is 1.96. The molecule has 112 valence electrons. The molecule has 4 heteroatoms. The second kappa shape index (κ2) is 7.30. The van der Waals surface area contributed by atoms with Gasteiger partial charge in [0.2, 0.25) is 0 Å². The molecule has 1 N–H and O–H groups in total. The highest BCUT2D eigenvalue weighted by atomic mass is 35.5. The quantitative estimate of drug-likeness (QED) is 0.924. The van der Waals surface area contributed by atoms with Gasteiger partial charge in [0.1, 0.15) is 5.75 Å². The standard InChI is InChI=1S/C16H24N2O.ClH/c1-17-11-13-4-7-18(8-5-13)12-14-2-3-16-15(10-14)6-9-19-16;/h2-3,10,13,17H,4-9,11-12H2,1H3;1H. The smallest absolute Gasteiger partial charge is 0.122 e. The van der Waals surface area contributed by atoms with E-state index in [9.17, 15) is 0 Å². The van der Waals surface area contributed by atoms with E-state index < -0.39 is 0 Å². The Morgan fingerprint density at radius 1 is 1.30 bits per heavy atom.